The van der Waals surface area contributed by atoms with Crippen LogP contribution in [0.3, 0.4) is 0 Å². The summed E-state index contributed by atoms with van der Waals surface area (Å²) in [7, 11) is 3.03. The van der Waals surface area contributed by atoms with Crippen molar-refractivity contribution in [2.45, 2.75) is 20.5 Å². The van der Waals surface area contributed by atoms with Crippen molar-refractivity contribution in [3.05, 3.63) is 91.4 Å². The molecule has 1 aliphatic heterocycles. The van der Waals surface area contributed by atoms with Crippen LogP contribution in [0.5, 0.6) is 11.5 Å². The third kappa shape index (κ3) is 6.57. The van der Waals surface area contributed by atoms with Crippen LogP contribution < -0.4 is 9.47 Å². The van der Waals surface area contributed by atoms with Crippen molar-refractivity contribution in [3.63, 3.8) is 0 Å². The Hall–Kier alpha value is -3.31. The number of nitrogens with zero attached hydrogens (tertiary/aromatic N) is 2. The predicted molar refractivity (Wildman–Crippen MR) is 159 cm³/mol. The zero-order valence-corrected chi connectivity index (χ0v) is 24.5. The van der Waals surface area contributed by atoms with Gasteiger partial charge in [-0.2, -0.15) is 0 Å². The number of rotatable bonds is 8. The molecule has 9 heteroatoms. The van der Waals surface area contributed by atoms with E-state index in [0.29, 0.717) is 46.0 Å². The molecule has 0 spiro atoms. The highest BCUT2D eigenvalue weighted by atomic mass is 127. The second kappa shape index (κ2) is 12.5. The number of carbonyl (C=O) groups is 2. The zero-order valence-electron chi connectivity index (χ0n) is 21.5. The predicted octanol–water partition coefficient (Wildman–Crippen LogP) is 6.60. The molecule has 3 aromatic rings. The SMILES string of the molecule is CCOc1cc(C=C2SC(=Nc3ccc(C(=O)OC)cc3)N(C)C2=O)cc(I)c1OCc1ccc(C)cc1. The lowest BCUT2D eigenvalue weighted by atomic mass is 10.1. The largest absolute Gasteiger partial charge is 0.490 e. The number of ether oxygens (including phenoxy) is 3. The van der Waals surface area contributed by atoms with Gasteiger partial charge in [-0.15, -0.1) is 0 Å². The molecule has 1 fully saturated rings. The van der Waals surface area contributed by atoms with Crippen molar-refractivity contribution in [1.29, 1.82) is 0 Å². The smallest absolute Gasteiger partial charge is 0.337 e. The number of amides is 1. The Labute approximate surface area is 240 Å². The Morgan fingerprint density at radius 2 is 1.79 bits per heavy atom. The van der Waals surface area contributed by atoms with E-state index in [9.17, 15) is 9.59 Å². The molecule has 1 amide bonds. The Balaban J connectivity index is 1.55. The van der Waals surface area contributed by atoms with Crippen molar-refractivity contribution in [2.24, 2.45) is 4.99 Å². The molecule has 1 heterocycles. The van der Waals surface area contributed by atoms with Gasteiger partial charge in [0.2, 0.25) is 0 Å². The number of methoxy groups -OCH3 is 1. The Morgan fingerprint density at radius 1 is 1.08 bits per heavy atom. The average Bonchev–Trinajstić information content (AvgIpc) is 3.17. The van der Waals surface area contributed by atoms with E-state index < -0.39 is 5.97 Å². The number of aryl methyl sites for hydroxylation is 1. The number of thioether (sulfide) groups is 1. The normalized spacial score (nSPS) is 15.3. The second-order valence-electron chi connectivity index (χ2n) is 8.44. The first-order chi connectivity index (χ1) is 18.3. The molecule has 1 saturated heterocycles. The van der Waals surface area contributed by atoms with E-state index in [1.54, 1.807) is 31.3 Å². The van der Waals surface area contributed by atoms with Crippen LogP contribution in [0.4, 0.5) is 5.69 Å². The highest BCUT2D eigenvalue weighted by molar-refractivity contribution is 14.1. The standard InChI is InChI=1S/C29H27IN2O5S/c1-5-36-24-15-20(14-23(30)26(24)37-17-19-8-6-18(2)7-9-19)16-25-27(33)32(3)29(38-25)31-22-12-10-21(11-13-22)28(34)35-4/h6-16H,5,17H2,1-4H3. The maximum Gasteiger partial charge on any atom is 0.337 e. The summed E-state index contributed by atoms with van der Waals surface area (Å²) >= 11 is 3.52. The zero-order chi connectivity index (χ0) is 27.2. The molecule has 38 heavy (non-hydrogen) atoms. The first-order valence-corrected chi connectivity index (χ1v) is 13.8. The fourth-order valence-electron chi connectivity index (χ4n) is 3.62. The first-order valence-electron chi connectivity index (χ1n) is 11.9. The van der Waals surface area contributed by atoms with Crippen LogP contribution in [0.25, 0.3) is 6.08 Å². The molecule has 0 aromatic heterocycles. The van der Waals surface area contributed by atoms with Gasteiger partial charge in [0.25, 0.3) is 5.91 Å². The van der Waals surface area contributed by atoms with Gasteiger partial charge >= 0.3 is 5.97 Å². The lowest BCUT2D eigenvalue weighted by Gasteiger charge is -2.15. The Kier molecular flexibility index (Phi) is 9.11. The molecule has 0 unspecified atom stereocenters. The minimum Gasteiger partial charge on any atom is -0.490 e. The third-order valence-corrected chi connectivity index (χ3v) is 7.51. The van der Waals surface area contributed by atoms with Gasteiger partial charge in [0.1, 0.15) is 6.61 Å². The van der Waals surface area contributed by atoms with Crippen molar-refractivity contribution in [3.8, 4) is 11.5 Å². The number of halogens is 1. The molecule has 0 atom stereocenters. The fraction of sp³-hybridized carbons (Fsp3) is 0.207. The summed E-state index contributed by atoms with van der Waals surface area (Å²) in [5.41, 5.74) is 4.16. The molecule has 0 aliphatic carbocycles. The average molecular weight is 643 g/mol. The summed E-state index contributed by atoms with van der Waals surface area (Å²) in [4.78, 5) is 31.3. The van der Waals surface area contributed by atoms with E-state index in [-0.39, 0.29) is 5.91 Å². The first kappa shape index (κ1) is 27.7. The van der Waals surface area contributed by atoms with Gasteiger partial charge in [0, 0.05) is 7.05 Å². The number of hydrogen-bond acceptors (Lipinski definition) is 7. The highest BCUT2D eigenvalue weighted by Crippen LogP contribution is 2.38. The summed E-state index contributed by atoms with van der Waals surface area (Å²) < 4.78 is 17.7. The number of carbonyl (C=O) groups excluding carboxylic acids is 2. The number of benzene rings is 3. The van der Waals surface area contributed by atoms with Crippen LogP contribution in [0.1, 0.15) is 34.0 Å². The van der Waals surface area contributed by atoms with Gasteiger partial charge in [0.05, 0.1) is 33.4 Å². The number of likely N-dealkylation sites (N-methyl/N-ethyl adjacent to an activating group) is 1. The molecule has 4 rings (SSSR count). The topological polar surface area (TPSA) is 77.4 Å². The molecule has 196 valence electrons. The van der Waals surface area contributed by atoms with Crippen LogP contribution in [-0.2, 0) is 16.1 Å². The molecule has 0 saturated carbocycles. The van der Waals surface area contributed by atoms with Gasteiger partial charge in [-0.3, -0.25) is 9.69 Å². The molecular formula is C29H27IN2O5S. The molecule has 7 nitrogen and oxygen atoms in total. The van der Waals surface area contributed by atoms with E-state index in [0.717, 1.165) is 14.7 Å². The van der Waals surface area contributed by atoms with E-state index >= 15 is 0 Å². The number of esters is 1. The van der Waals surface area contributed by atoms with Crippen LogP contribution in [0.2, 0.25) is 0 Å². The van der Waals surface area contributed by atoms with Crippen LogP contribution in [0.15, 0.2) is 70.6 Å². The van der Waals surface area contributed by atoms with Crippen molar-refractivity contribution >= 4 is 63.2 Å². The quantitative estimate of drug-likeness (QED) is 0.157. The van der Waals surface area contributed by atoms with Crippen LogP contribution >= 0.6 is 34.4 Å². The van der Waals surface area contributed by atoms with E-state index in [4.69, 9.17) is 14.2 Å². The Bertz CT molecular complexity index is 1400. The minimum atomic E-state index is -0.412. The van der Waals surface area contributed by atoms with Gasteiger partial charge < -0.3 is 14.2 Å². The van der Waals surface area contributed by atoms with Crippen molar-refractivity contribution < 1.29 is 23.8 Å². The molecule has 3 aromatic carbocycles. The lowest BCUT2D eigenvalue weighted by molar-refractivity contribution is -0.121. The maximum atomic E-state index is 13.0. The van der Waals surface area contributed by atoms with E-state index in [2.05, 4.69) is 46.6 Å². The summed E-state index contributed by atoms with van der Waals surface area (Å²) in [6.45, 7) is 4.89. The van der Waals surface area contributed by atoms with E-state index in [1.165, 1.54) is 29.3 Å². The van der Waals surface area contributed by atoms with Gasteiger partial charge in [-0.25, -0.2) is 9.79 Å². The van der Waals surface area contributed by atoms with Gasteiger partial charge in [0.15, 0.2) is 16.7 Å². The Morgan fingerprint density at radius 3 is 2.45 bits per heavy atom. The molecule has 0 radical (unpaired) electrons. The molecule has 0 bridgehead atoms. The van der Waals surface area contributed by atoms with Crippen molar-refractivity contribution in [1.82, 2.24) is 4.90 Å². The lowest BCUT2D eigenvalue weighted by Crippen LogP contribution is -2.23. The third-order valence-electron chi connectivity index (χ3n) is 5.65. The molecule has 1 aliphatic rings. The summed E-state index contributed by atoms with van der Waals surface area (Å²) in [6.07, 6.45) is 1.83. The number of amidine groups is 1. The van der Waals surface area contributed by atoms with Crippen LogP contribution in [0, 0.1) is 10.5 Å². The van der Waals surface area contributed by atoms with Gasteiger partial charge in [-0.1, -0.05) is 29.8 Å². The maximum absolute atomic E-state index is 13.0. The van der Waals surface area contributed by atoms with Crippen LogP contribution in [-0.4, -0.2) is 42.7 Å². The van der Waals surface area contributed by atoms with Crippen molar-refractivity contribution in [2.75, 3.05) is 20.8 Å². The molecular weight excluding hydrogens is 615 g/mol. The summed E-state index contributed by atoms with van der Waals surface area (Å²) in [6, 6.07) is 18.8. The number of hydrogen-bond donors (Lipinski definition) is 0. The highest BCUT2D eigenvalue weighted by Gasteiger charge is 2.30. The number of aliphatic imine (C=N–C) groups is 1. The summed E-state index contributed by atoms with van der Waals surface area (Å²) in [5, 5.41) is 0.546. The summed E-state index contributed by atoms with van der Waals surface area (Å²) in [5.74, 6) is 0.745. The fourth-order valence-corrected chi connectivity index (χ4v) is 5.39. The monoisotopic (exact) mass is 642 g/mol. The van der Waals surface area contributed by atoms with E-state index in [1.807, 2.05) is 37.3 Å². The van der Waals surface area contributed by atoms with Gasteiger partial charge in [-0.05, 0) is 102 Å². The molecule has 0 N–H and O–H groups in total. The minimum absolute atomic E-state index is 0.146. The second-order valence-corrected chi connectivity index (χ2v) is 10.6.